The number of alkyl halides is 1. The molecule has 0 aliphatic carbocycles. The standard InChI is InChI=1S/C12H14BrNO3/c1-3-17-12(15)11(14)10(13)8-6-4-5-7-9(8)16-2/h4-7,10,14H,3H2,1-2H3. The molecule has 0 heterocycles. The van der Waals surface area contributed by atoms with Crippen LogP contribution in [0, 0.1) is 5.41 Å². The first-order valence-corrected chi connectivity index (χ1v) is 6.05. The Labute approximate surface area is 109 Å². The van der Waals surface area contributed by atoms with E-state index in [4.69, 9.17) is 14.9 Å². The summed E-state index contributed by atoms with van der Waals surface area (Å²) in [4.78, 5) is 10.9. The van der Waals surface area contributed by atoms with Crippen molar-refractivity contribution in [1.29, 1.82) is 5.41 Å². The van der Waals surface area contributed by atoms with Crippen LogP contribution in [0.1, 0.15) is 17.3 Å². The second-order valence-corrected chi connectivity index (χ2v) is 4.15. The first-order chi connectivity index (χ1) is 8.11. The van der Waals surface area contributed by atoms with Crippen LogP contribution < -0.4 is 4.74 Å². The van der Waals surface area contributed by atoms with Crippen LogP contribution in [0.4, 0.5) is 0 Å². The van der Waals surface area contributed by atoms with Crippen molar-refractivity contribution < 1.29 is 14.3 Å². The quantitative estimate of drug-likeness (QED) is 0.517. The molecule has 1 N–H and O–H groups in total. The second-order valence-electron chi connectivity index (χ2n) is 3.24. The second kappa shape index (κ2) is 6.39. The Morgan fingerprint density at radius 1 is 1.47 bits per heavy atom. The van der Waals surface area contributed by atoms with Crippen molar-refractivity contribution in [2.45, 2.75) is 11.8 Å². The van der Waals surface area contributed by atoms with E-state index in [0.29, 0.717) is 5.75 Å². The number of halogens is 1. The maximum absolute atomic E-state index is 11.4. The zero-order chi connectivity index (χ0) is 12.8. The molecule has 0 aromatic heterocycles. The molecule has 1 unspecified atom stereocenters. The molecule has 4 nitrogen and oxygen atoms in total. The fraction of sp³-hybridized carbons (Fsp3) is 0.333. The van der Waals surface area contributed by atoms with Crippen molar-refractivity contribution >= 4 is 27.6 Å². The van der Waals surface area contributed by atoms with E-state index in [1.807, 2.05) is 12.1 Å². The molecular weight excluding hydrogens is 286 g/mol. The lowest BCUT2D eigenvalue weighted by Crippen LogP contribution is -2.21. The molecule has 92 valence electrons. The number of carbonyl (C=O) groups excluding carboxylic acids is 1. The number of nitrogens with one attached hydrogen (secondary N) is 1. The van der Waals surface area contributed by atoms with Crippen LogP contribution in [0.2, 0.25) is 0 Å². The molecule has 17 heavy (non-hydrogen) atoms. The zero-order valence-electron chi connectivity index (χ0n) is 9.70. The normalized spacial score (nSPS) is 11.7. The van der Waals surface area contributed by atoms with E-state index in [2.05, 4.69) is 15.9 Å². The summed E-state index contributed by atoms with van der Waals surface area (Å²) in [5.41, 5.74) is 0.587. The van der Waals surface area contributed by atoms with Gasteiger partial charge >= 0.3 is 5.97 Å². The van der Waals surface area contributed by atoms with E-state index in [9.17, 15) is 4.79 Å². The van der Waals surface area contributed by atoms with Crippen LogP contribution in [0.15, 0.2) is 24.3 Å². The van der Waals surface area contributed by atoms with Crippen LogP contribution >= 0.6 is 15.9 Å². The maximum atomic E-state index is 11.4. The fourth-order valence-corrected chi connectivity index (χ4v) is 1.91. The Morgan fingerprint density at radius 3 is 2.71 bits per heavy atom. The van der Waals surface area contributed by atoms with Crippen molar-refractivity contribution in [3.8, 4) is 5.75 Å². The summed E-state index contributed by atoms with van der Waals surface area (Å²) in [6, 6.07) is 7.23. The van der Waals surface area contributed by atoms with Gasteiger partial charge in [0.1, 0.15) is 11.5 Å². The third-order valence-corrected chi connectivity index (χ3v) is 3.11. The summed E-state index contributed by atoms with van der Waals surface area (Å²) in [5, 5.41) is 7.74. The van der Waals surface area contributed by atoms with E-state index < -0.39 is 10.8 Å². The first kappa shape index (κ1) is 13.7. The van der Waals surface area contributed by atoms with E-state index in [1.165, 1.54) is 0 Å². The van der Waals surface area contributed by atoms with Gasteiger partial charge in [0.25, 0.3) is 0 Å². The predicted molar refractivity (Wildman–Crippen MR) is 69.0 cm³/mol. The molecule has 0 aliphatic rings. The maximum Gasteiger partial charge on any atom is 0.353 e. The SMILES string of the molecule is CCOC(=O)C(=N)C(Br)c1ccccc1OC. The van der Waals surface area contributed by atoms with Gasteiger partial charge in [0.15, 0.2) is 0 Å². The van der Waals surface area contributed by atoms with E-state index in [0.717, 1.165) is 5.56 Å². The van der Waals surface area contributed by atoms with Gasteiger partial charge < -0.3 is 9.47 Å². The highest BCUT2D eigenvalue weighted by Gasteiger charge is 2.23. The number of rotatable bonds is 5. The van der Waals surface area contributed by atoms with E-state index in [-0.39, 0.29) is 12.3 Å². The van der Waals surface area contributed by atoms with Crippen LogP contribution in [0.25, 0.3) is 0 Å². The highest BCUT2D eigenvalue weighted by Crippen LogP contribution is 2.31. The average molecular weight is 300 g/mol. The Kier molecular flexibility index (Phi) is 5.15. The Morgan fingerprint density at radius 2 is 2.12 bits per heavy atom. The monoisotopic (exact) mass is 299 g/mol. The fourth-order valence-electron chi connectivity index (χ4n) is 1.34. The van der Waals surface area contributed by atoms with Gasteiger partial charge in [0.05, 0.1) is 18.5 Å². The molecule has 0 saturated heterocycles. The van der Waals surface area contributed by atoms with Crippen molar-refractivity contribution in [2.75, 3.05) is 13.7 Å². The van der Waals surface area contributed by atoms with Gasteiger partial charge in [-0.25, -0.2) is 4.79 Å². The van der Waals surface area contributed by atoms with Gasteiger partial charge in [-0.05, 0) is 13.0 Å². The number of hydrogen-bond donors (Lipinski definition) is 1. The summed E-state index contributed by atoms with van der Waals surface area (Å²) in [5.74, 6) is 0.00343. The lowest BCUT2D eigenvalue weighted by Gasteiger charge is -2.14. The molecule has 1 rings (SSSR count). The Hall–Kier alpha value is -1.36. The topological polar surface area (TPSA) is 59.4 Å². The summed E-state index contributed by atoms with van der Waals surface area (Å²) in [6.45, 7) is 1.96. The van der Waals surface area contributed by atoms with Gasteiger partial charge in [0, 0.05) is 5.56 Å². The van der Waals surface area contributed by atoms with Gasteiger partial charge in [-0.2, -0.15) is 0 Å². The third kappa shape index (κ3) is 3.30. The molecule has 5 heteroatoms. The Balaban J connectivity index is 2.92. The predicted octanol–water partition coefficient (Wildman–Crippen LogP) is 2.71. The van der Waals surface area contributed by atoms with Crippen LogP contribution in [0.3, 0.4) is 0 Å². The highest BCUT2D eigenvalue weighted by molar-refractivity contribution is 9.09. The number of benzene rings is 1. The van der Waals surface area contributed by atoms with Crippen LogP contribution in [0.5, 0.6) is 5.75 Å². The molecule has 1 atom stereocenters. The van der Waals surface area contributed by atoms with E-state index >= 15 is 0 Å². The van der Waals surface area contributed by atoms with Gasteiger partial charge in [0.2, 0.25) is 0 Å². The van der Waals surface area contributed by atoms with Crippen LogP contribution in [-0.2, 0) is 9.53 Å². The smallest absolute Gasteiger partial charge is 0.353 e. The number of hydrogen-bond acceptors (Lipinski definition) is 4. The number of ether oxygens (including phenoxy) is 2. The van der Waals surface area contributed by atoms with Crippen molar-refractivity contribution in [3.05, 3.63) is 29.8 Å². The van der Waals surface area contributed by atoms with E-state index in [1.54, 1.807) is 26.2 Å². The zero-order valence-corrected chi connectivity index (χ0v) is 11.3. The minimum Gasteiger partial charge on any atom is -0.496 e. The highest BCUT2D eigenvalue weighted by atomic mass is 79.9. The number of methoxy groups -OCH3 is 1. The molecule has 0 amide bonds. The molecule has 0 radical (unpaired) electrons. The minimum absolute atomic E-state index is 0.142. The molecule has 1 aromatic carbocycles. The minimum atomic E-state index is -0.625. The molecule has 0 saturated carbocycles. The summed E-state index contributed by atoms with van der Waals surface area (Å²) >= 11 is 3.31. The van der Waals surface area contributed by atoms with Crippen molar-refractivity contribution in [3.63, 3.8) is 0 Å². The molecule has 0 bridgehead atoms. The van der Waals surface area contributed by atoms with Gasteiger partial charge in [-0.3, -0.25) is 5.41 Å². The molecule has 0 fully saturated rings. The first-order valence-electron chi connectivity index (χ1n) is 5.14. The Bertz CT molecular complexity index is 420. The number of para-hydroxylation sites is 1. The van der Waals surface area contributed by atoms with Crippen LogP contribution in [-0.4, -0.2) is 25.4 Å². The summed E-state index contributed by atoms with van der Waals surface area (Å²) in [7, 11) is 1.55. The molecule has 1 aromatic rings. The molecule has 0 spiro atoms. The number of carbonyl (C=O) groups is 1. The van der Waals surface area contributed by atoms with Crippen molar-refractivity contribution in [1.82, 2.24) is 0 Å². The van der Waals surface area contributed by atoms with Gasteiger partial charge in [-0.15, -0.1) is 0 Å². The largest absolute Gasteiger partial charge is 0.496 e. The molecular formula is C12H14BrNO3. The van der Waals surface area contributed by atoms with Gasteiger partial charge in [-0.1, -0.05) is 34.1 Å². The summed E-state index contributed by atoms with van der Waals surface area (Å²) < 4.78 is 9.96. The van der Waals surface area contributed by atoms with Crippen molar-refractivity contribution in [2.24, 2.45) is 0 Å². The lowest BCUT2D eigenvalue weighted by atomic mass is 10.1. The molecule has 0 aliphatic heterocycles. The summed E-state index contributed by atoms with van der Waals surface area (Å²) in [6.07, 6.45) is 0. The average Bonchev–Trinajstić information content (AvgIpc) is 2.37. The third-order valence-electron chi connectivity index (χ3n) is 2.16. The number of esters is 1. The lowest BCUT2D eigenvalue weighted by molar-refractivity contribution is -0.135.